The van der Waals surface area contributed by atoms with Crippen molar-refractivity contribution in [1.82, 2.24) is 9.88 Å². The van der Waals surface area contributed by atoms with Crippen molar-refractivity contribution in [3.8, 4) is 5.75 Å². The highest BCUT2D eigenvalue weighted by Crippen LogP contribution is 2.35. The molecule has 1 fully saturated rings. The van der Waals surface area contributed by atoms with Crippen molar-refractivity contribution in [3.05, 3.63) is 71.4 Å². The summed E-state index contributed by atoms with van der Waals surface area (Å²) in [6, 6.07) is 12.3. The van der Waals surface area contributed by atoms with Gasteiger partial charge in [-0.15, -0.1) is 0 Å². The molecule has 0 aliphatic carbocycles. The van der Waals surface area contributed by atoms with Gasteiger partial charge in [-0.2, -0.15) is 13.2 Å². The summed E-state index contributed by atoms with van der Waals surface area (Å²) in [6.45, 7) is 1.64. The average molecular weight is 533 g/mol. The molecule has 4 rings (SSSR count). The SMILES string of the molecule is COc1ccc2nccc([C@@H](F)CC[C@@H]3CCN(CCCc4cccc(C(F)(F)F)c4)C[C@@H]3C(=O)O)c2c1. The fourth-order valence-corrected chi connectivity index (χ4v) is 5.37. The van der Waals surface area contributed by atoms with E-state index in [0.717, 1.165) is 6.07 Å². The van der Waals surface area contributed by atoms with Crippen molar-refractivity contribution in [2.24, 2.45) is 11.8 Å². The van der Waals surface area contributed by atoms with Crippen LogP contribution in [0.3, 0.4) is 0 Å². The summed E-state index contributed by atoms with van der Waals surface area (Å²) in [7, 11) is 1.55. The molecule has 0 saturated carbocycles. The minimum atomic E-state index is -4.37. The van der Waals surface area contributed by atoms with Gasteiger partial charge in [0.25, 0.3) is 0 Å². The molecule has 9 heteroatoms. The zero-order valence-corrected chi connectivity index (χ0v) is 21.3. The van der Waals surface area contributed by atoms with Crippen LogP contribution in [0, 0.1) is 11.8 Å². The number of benzene rings is 2. The third-order valence-electron chi connectivity index (χ3n) is 7.46. The van der Waals surface area contributed by atoms with Crippen LogP contribution in [0.15, 0.2) is 54.7 Å². The van der Waals surface area contributed by atoms with Crippen LogP contribution >= 0.6 is 0 Å². The molecule has 2 aromatic carbocycles. The topological polar surface area (TPSA) is 62.7 Å². The van der Waals surface area contributed by atoms with Crippen molar-refractivity contribution in [2.75, 3.05) is 26.7 Å². The Morgan fingerprint density at radius 1 is 1.21 bits per heavy atom. The lowest BCUT2D eigenvalue weighted by atomic mass is 9.81. The number of pyridine rings is 1. The van der Waals surface area contributed by atoms with E-state index in [1.807, 2.05) is 0 Å². The van der Waals surface area contributed by atoms with E-state index in [1.165, 1.54) is 12.1 Å². The molecular formula is C29H32F4N2O3. The Morgan fingerprint density at radius 2 is 2.03 bits per heavy atom. The minimum absolute atomic E-state index is 0.145. The molecule has 1 aromatic heterocycles. The van der Waals surface area contributed by atoms with Gasteiger partial charge in [0.15, 0.2) is 0 Å². The number of aromatic nitrogens is 1. The van der Waals surface area contributed by atoms with Crippen LogP contribution in [0.1, 0.15) is 48.5 Å². The van der Waals surface area contributed by atoms with E-state index in [0.29, 0.717) is 73.1 Å². The molecule has 3 atom stereocenters. The number of ether oxygens (including phenoxy) is 1. The van der Waals surface area contributed by atoms with Crippen LogP contribution in [-0.4, -0.2) is 47.7 Å². The monoisotopic (exact) mass is 532 g/mol. The molecule has 1 N–H and O–H groups in total. The van der Waals surface area contributed by atoms with Crippen LogP contribution < -0.4 is 4.74 Å². The molecule has 0 spiro atoms. The Kier molecular flexibility index (Phi) is 8.87. The van der Waals surface area contributed by atoms with Gasteiger partial charge in [0.05, 0.1) is 24.1 Å². The van der Waals surface area contributed by atoms with Crippen molar-refractivity contribution in [1.29, 1.82) is 0 Å². The number of piperidine rings is 1. The van der Waals surface area contributed by atoms with Gasteiger partial charge < -0.3 is 14.7 Å². The van der Waals surface area contributed by atoms with E-state index < -0.39 is 29.8 Å². The van der Waals surface area contributed by atoms with E-state index in [-0.39, 0.29) is 12.3 Å². The number of aliphatic carboxylic acids is 1. The van der Waals surface area contributed by atoms with Gasteiger partial charge in [-0.25, -0.2) is 4.39 Å². The lowest BCUT2D eigenvalue weighted by Crippen LogP contribution is -2.44. The van der Waals surface area contributed by atoms with Gasteiger partial charge in [-0.1, -0.05) is 18.2 Å². The standard InChI is InChI=1S/C29H32F4N2O3/c1-38-22-8-10-27-24(17-22)23(11-13-34-27)26(30)9-7-20-12-15-35(18-25(20)28(36)37)14-3-5-19-4-2-6-21(16-19)29(31,32)33/h2,4,6,8,10-11,13,16-17,20,25-26H,3,5,7,9,12,14-15,18H2,1H3,(H,36,37)/t20-,25+,26+/m1/s1. The van der Waals surface area contributed by atoms with Crippen LogP contribution in [0.2, 0.25) is 0 Å². The highest BCUT2D eigenvalue weighted by atomic mass is 19.4. The van der Waals surface area contributed by atoms with Gasteiger partial charge >= 0.3 is 12.1 Å². The Morgan fingerprint density at radius 3 is 2.76 bits per heavy atom. The lowest BCUT2D eigenvalue weighted by molar-refractivity contribution is -0.146. The number of hydrogen-bond donors (Lipinski definition) is 1. The fourth-order valence-electron chi connectivity index (χ4n) is 5.37. The van der Waals surface area contributed by atoms with Crippen molar-refractivity contribution >= 4 is 16.9 Å². The van der Waals surface area contributed by atoms with Gasteiger partial charge in [0.2, 0.25) is 0 Å². The fraction of sp³-hybridized carbons (Fsp3) is 0.448. The van der Waals surface area contributed by atoms with Crippen LogP contribution in [0.5, 0.6) is 5.75 Å². The zero-order chi connectivity index (χ0) is 27.3. The maximum Gasteiger partial charge on any atom is 0.416 e. The first-order chi connectivity index (χ1) is 18.2. The van der Waals surface area contributed by atoms with Crippen LogP contribution in [0.25, 0.3) is 10.9 Å². The third-order valence-corrected chi connectivity index (χ3v) is 7.46. The quantitative estimate of drug-likeness (QED) is 0.294. The van der Waals surface area contributed by atoms with E-state index in [9.17, 15) is 23.1 Å². The molecule has 0 unspecified atom stereocenters. The van der Waals surface area contributed by atoms with Crippen molar-refractivity contribution < 1.29 is 32.2 Å². The van der Waals surface area contributed by atoms with Gasteiger partial charge in [0, 0.05) is 18.1 Å². The molecule has 0 bridgehead atoms. The first-order valence-corrected chi connectivity index (χ1v) is 12.8. The average Bonchev–Trinajstić information content (AvgIpc) is 2.91. The largest absolute Gasteiger partial charge is 0.497 e. The Bertz CT molecular complexity index is 1250. The smallest absolute Gasteiger partial charge is 0.416 e. The van der Waals surface area contributed by atoms with Crippen molar-refractivity contribution in [2.45, 2.75) is 44.5 Å². The summed E-state index contributed by atoms with van der Waals surface area (Å²) in [5, 5.41) is 10.6. The summed E-state index contributed by atoms with van der Waals surface area (Å²) in [5.74, 6) is -1.04. The Labute approximate surface area is 219 Å². The molecule has 1 aliphatic heterocycles. The molecule has 38 heavy (non-hydrogen) atoms. The molecule has 0 amide bonds. The number of likely N-dealkylation sites (tertiary alicyclic amines) is 1. The number of halogens is 4. The molecular weight excluding hydrogens is 500 g/mol. The second kappa shape index (κ2) is 12.1. The van der Waals surface area contributed by atoms with Crippen LogP contribution in [0.4, 0.5) is 17.6 Å². The lowest BCUT2D eigenvalue weighted by Gasteiger charge is -2.37. The number of hydrogen-bond acceptors (Lipinski definition) is 4. The van der Waals surface area contributed by atoms with Crippen LogP contribution in [-0.2, 0) is 17.4 Å². The number of nitrogens with zero attached hydrogens (tertiary/aromatic N) is 2. The summed E-state index contributed by atoms with van der Waals surface area (Å²) >= 11 is 0. The highest BCUT2D eigenvalue weighted by molar-refractivity contribution is 5.83. The number of carbonyl (C=O) groups is 1. The predicted molar refractivity (Wildman–Crippen MR) is 137 cm³/mol. The molecule has 5 nitrogen and oxygen atoms in total. The molecule has 0 radical (unpaired) electrons. The molecule has 3 aromatic rings. The summed E-state index contributed by atoms with van der Waals surface area (Å²) in [4.78, 5) is 18.4. The number of carboxylic acids is 1. The first-order valence-electron chi connectivity index (χ1n) is 12.8. The molecule has 2 heterocycles. The van der Waals surface area contributed by atoms with E-state index >= 15 is 4.39 Å². The second-order valence-corrected chi connectivity index (χ2v) is 9.92. The predicted octanol–water partition coefficient (Wildman–Crippen LogP) is 6.71. The third kappa shape index (κ3) is 6.81. The number of aryl methyl sites for hydroxylation is 1. The first kappa shape index (κ1) is 27.8. The van der Waals surface area contributed by atoms with E-state index in [1.54, 1.807) is 43.6 Å². The summed E-state index contributed by atoms with van der Waals surface area (Å²) in [5.41, 5.74) is 1.15. The van der Waals surface area contributed by atoms with E-state index in [2.05, 4.69) is 9.88 Å². The Balaban J connectivity index is 1.32. The molecule has 1 saturated heterocycles. The minimum Gasteiger partial charge on any atom is -0.497 e. The maximum atomic E-state index is 15.4. The van der Waals surface area contributed by atoms with Gasteiger partial charge in [0.1, 0.15) is 11.9 Å². The van der Waals surface area contributed by atoms with E-state index in [4.69, 9.17) is 4.74 Å². The van der Waals surface area contributed by atoms with Gasteiger partial charge in [-0.05, 0) is 92.6 Å². The maximum absolute atomic E-state index is 15.4. The van der Waals surface area contributed by atoms with Gasteiger partial charge in [-0.3, -0.25) is 9.78 Å². The molecule has 1 aliphatic rings. The second-order valence-electron chi connectivity index (χ2n) is 9.92. The highest BCUT2D eigenvalue weighted by Gasteiger charge is 2.34. The number of fused-ring (bicyclic) bond motifs is 1. The Hall–Kier alpha value is -3.20. The van der Waals surface area contributed by atoms with Crippen molar-refractivity contribution in [3.63, 3.8) is 0 Å². The normalized spacial score (nSPS) is 19.4. The number of alkyl halides is 4. The molecule has 204 valence electrons. The number of rotatable bonds is 10. The number of methoxy groups -OCH3 is 1. The number of carboxylic acid groups (broad SMARTS) is 1. The zero-order valence-electron chi connectivity index (χ0n) is 21.3. The summed E-state index contributed by atoms with van der Waals surface area (Å²) in [6.07, 6.45) is -1.65. The summed E-state index contributed by atoms with van der Waals surface area (Å²) < 4.78 is 59.5.